The predicted octanol–water partition coefficient (Wildman–Crippen LogP) is 3.67. The van der Waals surface area contributed by atoms with Crippen molar-refractivity contribution in [3.8, 4) is 0 Å². The standard InChI is InChI=1S/C21H24N2O3S2/c1-16-5-11-20-19(15-16)23(13-4-14-28(24,25)26)21(27-20)12-8-17-6-9-18(10-7-17)22(2)3/h5-12,15H,4,13-14H2,1-3H3. The average Bonchev–Trinajstić information content (AvgIpc) is 2.96. The summed E-state index contributed by atoms with van der Waals surface area (Å²) >= 11 is 1.66. The van der Waals surface area contributed by atoms with Crippen LogP contribution in [0, 0.1) is 6.92 Å². The van der Waals surface area contributed by atoms with E-state index in [-0.39, 0.29) is 5.75 Å². The molecule has 3 aromatic rings. The summed E-state index contributed by atoms with van der Waals surface area (Å²) < 4.78 is 36.1. The first-order valence-electron chi connectivity index (χ1n) is 9.05. The Morgan fingerprint density at radius 1 is 1.11 bits per heavy atom. The lowest BCUT2D eigenvalue weighted by atomic mass is 10.2. The van der Waals surface area contributed by atoms with Crippen LogP contribution >= 0.6 is 11.3 Å². The number of hydrogen-bond acceptors (Lipinski definition) is 5. The van der Waals surface area contributed by atoms with Gasteiger partial charge in [-0.25, -0.2) is 8.42 Å². The quantitative estimate of drug-likeness (QED) is 0.435. The van der Waals surface area contributed by atoms with Crippen molar-refractivity contribution >= 4 is 49.5 Å². The highest BCUT2D eigenvalue weighted by Crippen LogP contribution is 2.24. The van der Waals surface area contributed by atoms with E-state index in [4.69, 9.17) is 0 Å². The molecular weight excluding hydrogens is 392 g/mol. The Labute approximate surface area is 170 Å². The summed E-state index contributed by atoms with van der Waals surface area (Å²) in [6, 6.07) is 14.5. The van der Waals surface area contributed by atoms with Crippen molar-refractivity contribution in [2.75, 3.05) is 24.7 Å². The van der Waals surface area contributed by atoms with Crippen LogP contribution in [0.25, 0.3) is 22.4 Å². The molecule has 5 nitrogen and oxygen atoms in total. The highest BCUT2D eigenvalue weighted by Gasteiger charge is 2.18. The van der Waals surface area contributed by atoms with E-state index in [0.29, 0.717) is 13.0 Å². The van der Waals surface area contributed by atoms with Gasteiger partial charge in [-0.15, -0.1) is 0 Å². The topological polar surface area (TPSA) is 64.3 Å². The van der Waals surface area contributed by atoms with Crippen molar-refractivity contribution in [1.29, 1.82) is 0 Å². The van der Waals surface area contributed by atoms with Crippen LogP contribution in [0.4, 0.5) is 5.69 Å². The van der Waals surface area contributed by atoms with Gasteiger partial charge in [0.25, 0.3) is 5.01 Å². The van der Waals surface area contributed by atoms with E-state index in [1.165, 1.54) is 0 Å². The SMILES string of the molecule is Cc1ccc2sc(/C=C/c3ccc(N(C)C)cc3)[n+](CCCS(=O)(=O)[O-])c2c1. The summed E-state index contributed by atoms with van der Waals surface area (Å²) in [5, 5.41) is 1.03. The first-order chi connectivity index (χ1) is 13.2. The second kappa shape index (κ2) is 8.43. The fourth-order valence-corrected chi connectivity index (χ4v) is 4.57. The molecule has 0 fully saturated rings. The molecule has 0 aliphatic heterocycles. The maximum atomic E-state index is 11.0. The molecule has 0 aliphatic rings. The fourth-order valence-electron chi connectivity index (χ4n) is 3.02. The first-order valence-corrected chi connectivity index (χ1v) is 11.4. The van der Waals surface area contributed by atoms with E-state index < -0.39 is 10.1 Å². The lowest BCUT2D eigenvalue weighted by Crippen LogP contribution is -2.36. The fraction of sp³-hybridized carbons (Fsp3) is 0.286. The van der Waals surface area contributed by atoms with Gasteiger partial charge in [0.15, 0.2) is 6.54 Å². The van der Waals surface area contributed by atoms with Crippen molar-refractivity contribution in [2.24, 2.45) is 0 Å². The van der Waals surface area contributed by atoms with Crippen molar-refractivity contribution in [1.82, 2.24) is 0 Å². The third-order valence-corrected chi connectivity index (χ3v) is 6.41. The average molecular weight is 417 g/mol. The van der Waals surface area contributed by atoms with Crippen LogP contribution < -0.4 is 9.47 Å². The minimum absolute atomic E-state index is 0.300. The van der Waals surface area contributed by atoms with Crippen LogP contribution in [0.3, 0.4) is 0 Å². The number of aryl methyl sites for hydroxylation is 2. The second-order valence-electron chi connectivity index (χ2n) is 7.00. The zero-order valence-electron chi connectivity index (χ0n) is 16.3. The van der Waals surface area contributed by atoms with Gasteiger partial charge in [-0.3, -0.25) is 0 Å². The highest BCUT2D eigenvalue weighted by atomic mass is 32.2. The van der Waals surface area contributed by atoms with Gasteiger partial charge in [-0.05, 0) is 42.3 Å². The van der Waals surface area contributed by atoms with Gasteiger partial charge < -0.3 is 9.45 Å². The lowest BCUT2D eigenvalue weighted by molar-refractivity contribution is -0.668. The molecule has 1 heterocycles. The van der Waals surface area contributed by atoms with Crippen molar-refractivity contribution in [3.63, 3.8) is 0 Å². The zero-order chi connectivity index (χ0) is 20.3. The molecule has 0 aliphatic carbocycles. The number of hydrogen-bond donors (Lipinski definition) is 0. The number of benzene rings is 2. The number of fused-ring (bicyclic) bond motifs is 1. The molecule has 0 N–H and O–H groups in total. The Hall–Kier alpha value is -2.22. The molecule has 28 heavy (non-hydrogen) atoms. The van der Waals surface area contributed by atoms with Crippen LogP contribution in [0.1, 0.15) is 22.6 Å². The van der Waals surface area contributed by atoms with Crippen LogP contribution in [0.15, 0.2) is 42.5 Å². The van der Waals surface area contributed by atoms with Crippen molar-refractivity contribution in [2.45, 2.75) is 19.9 Å². The first kappa shape index (κ1) is 20.5. The van der Waals surface area contributed by atoms with Gasteiger partial charge in [-0.2, -0.15) is 4.57 Å². The third kappa shape index (κ3) is 5.19. The molecule has 0 unspecified atom stereocenters. The van der Waals surface area contributed by atoms with E-state index in [1.807, 2.05) is 21.0 Å². The molecule has 0 spiro atoms. The maximum Gasteiger partial charge on any atom is 0.262 e. The van der Waals surface area contributed by atoms with Gasteiger partial charge in [0, 0.05) is 44.1 Å². The van der Waals surface area contributed by atoms with E-state index in [0.717, 1.165) is 32.0 Å². The smallest absolute Gasteiger partial charge is 0.262 e. The van der Waals surface area contributed by atoms with Gasteiger partial charge in [0.2, 0.25) is 5.52 Å². The minimum atomic E-state index is -4.20. The Kier molecular flexibility index (Phi) is 6.17. The monoisotopic (exact) mass is 416 g/mol. The molecule has 148 valence electrons. The minimum Gasteiger partial charge on any atom is -0.748 e. The molecule has 0 bridgehead atoms. The highest BCUT2D eigenvalue weighted by molar-refractivity contribution is 7.85. The van der Waals surface area contributed by atoms with E-state index >= 15 is 0 Å². The number of rotatable bonds is 7. The third-order valence-electron chi connectivity index (χ3n) is 4.49. The molecule has 0 amide bonds. The molecule has 2 aromatic carbocycles. The van der Waals surface area contributed by atoms with Gasteiger partial charge in [-0.1, -0.05) is 29.5 Å². The van der Waals surface area contributed by atoms with Crippen molar-refractivity contribution in [3.05, 3.63) is 58.6 Å². The van der Waals surface area contributed by atoms with E-state index in [2.05, 4.69) is 64.1 Å². The van der Waals surface area contributed by atoms with Crippen molar-refractivity contribution < 1.29 is 17.5 Å². The summed E-state index contributed by atoms with van der Waals surface area (Å²) in [6.45, 7) is 2.52. The summed E-state index contributed by atoms with van der Waals surface area (Å²) in [7, 11) is -0.182. The van der Waals surface area contributed by atoms with Gasteiger partial charge >= 0.3 is 0 Å². The summed E-state index contributed by atoms with van der Waals surface area (Å²) in [6.07, 6.45) is 4.41. The molecule has 7 heteroatoms. The van der Waals surface area contributed by atoms with Gasteiger partial charge in [0.1, 0.15) is 4.70 Å². The summed E-state index contributed by atoms with van der Waals surface area (Å²) in [4.78, 5) is 2.06. The van der Waals surface area contributed by atoms with Crippen LogP contribution in [0.5, 0.6) is 0 Å². The second-order valence-corrected chi connectivity index (χ2v) is 9.58. The number of anilines is 1. The molecule has 1 aromatic heterocycles. The molecule has 0 atom stereocenters. The predicted molar refractivity (Wildman–Crippen MR) is 116 cm³/mol. The van der Waals surface area contributed by atoms with Crippen LogP contribution in [0.2, 0.25) is 0 Å². The molecule has 0 saturated heterocycles. The van der Waals surface area contributed by atoms with Gasteiger partial charge in [0.05, 0.1) is 10.1 Å². The Balaban J connectivity index is 1.91. The normalized spacial score (nSPS) is 12.1. The molecule has 0 saturated carbocycles. The Morgan fingerprint density at radius 3 is 2.46 bits per heavy atom. The molecule has 3 rings (SSSR count). The Morgan fingerprint density at radius 2 is 1.82 bits per heavy atom. The largest absolute Gasteiger partial charge is 0.748 e. The zero-order valence-corrected chi connectivity index (χ0v) is 17.9. The number of nitrogens with zero attached hydrogens (tertiary/aromatic N) is 2. The number of thiazole rings is 1. The van der Waals surface area contributed by atoms with Crippen LogP contribution in [-0.4, -0.2) is 32.8 Å². The van der Waals surface area contributed by atoms with E-state index in [9.17, 15) is 13.0 Å². The maximum absolute atomic E-state index is 11.0. The summed E-state index contributed by atoms with van der Waals surface area (Å²) in [5.41, 5.74) is 4.44. The van der Waals surface area contributed by atoms with Crippen LogP contribution in [-0.2, 0) is 16.7 Å². The van der Waals surface area contributed by atoms with E-state index in [1.54, 1.807) is 11.3 Å². The number of aromatic nitrogens is 1. The Bertz CT molecular complexity index is 1100. The summed E-state index contributed by atoms with van der Waals surface area (Å²) in [5.74, 6) is -0.349. The lowest BCUT2D eigenvalue weighted by Gasteiger charge is -2.11. The molecule has 0 radical (unpaired) electrons. The molecular formula is C21H24N2O3S2.